The Bertz CT molecular complexity index is 690. The van der Waals surface area contributed by atoms with Crippen molar-refractivity contribution in [3.8, 4) is 5.75 Å². The number of hydrogen-bond acceptors (Lipinski definition) is 3. The average molecular weight is 359 g/mol. The van der Waals surface area contributed by atoms with Crippen LogP contribution in [-0.2, 0) is 17.7 Å². The molecule has 0 aliphatic heterocycles. The molecule has 0 aliphatic rings. The van der Waals surface area contributed by atoms with Gasteiger partial charge in [-0.05, 0) is 41.8 Å². The van der Waals surface area contributed by atoms with Gasteiger partial charge in [0, 0.05) is 27.2 Å². The van der Waals surface area contributed by atoms with Gasteiger partial charge in [0.1, 0.15) is 18.2 Å². The van der Waals surface area contributed by atoms with Gasteiger partial charge in [-0.2, -0.15) is 0 Å². The minimum absolute atomic E-state index is 0.215. The minimum atomic E-state index is -0.215. The molecule has 0 saturated carbocycles. The van der Waals surface area contributed by atoms with E-state index >= 15 is 0 Å². The quantitative estimate of drug-likeness (QED) is 0.411. The van der Waals surface area contributed by atoms with Gasteiger partial charge in [-0.3, -0.25) is 4.99 Å². The number of guanidine groups is 1. The van der Waals surface area contributed by atoms with Crippen molar-refractivity contribution in [1.29, 1.82) is 0 Å². The van der Waals surface area contributed by atoms with Crippen LogP contribution in [0.25, 0.3) is 0 Å². The molecule has 2 N–H and O–H groups in total. The lowest BCUT2D eigenvalue weighted by molar-refractivity contribution is 0.146. The molecule has 0 bridgehead atoms. The Balaban J connectivity index is 1.75. The summed E-state index contributed by atoms with van der Waals surface area (Å²) in [5.41, 5.74) is 2.18. The van der Waals surface area contributed by atoms with Crippen LogP contribution in [0.15, 0.2) is 53.5 Å². The molecule has 2 aromatic carbocycles. The minimum Gasteiger partial charge on any atom is -0.491 e. The largest absolute Gasteiger partial charge is 0.491 e. The van der Waals surface area contributed by atoms with E-state index in [4.69, 9.17) is 9.47 Å². The molecule has 0 aromatic heterocycles. The fourth-order valence-electron chi connectivity index (χ4n) is 2.37. The van der Waals surface area contributed by atoms with Gasteiger partial charge >= 0.3 is 0 Å². The van der Waals surface area contributed by atoms with Crippen LogP contribution in [0.1, 0.15) is 11.1 Å². The summed E-state index contributed by atoms with van der Waals surface area (Å²) in [6.45, 7) is 2.44. The number of hydrogen-bond donors (Lipinski definition) is 2. The SMILES string of the molecule is CN=C(NCCc1ccc(F)cc1)NCc1cccc(OCCOC)c1. The smallest absolute Gasteiger partial charge is 0.191 e. The van der Waals surface area contributed by atoms with Crippen LogP contribution in [0.2, 0.25) is 0 Å². The highest BCUT2D eigenvalue weighted by Crippen LogP contribution is 2.13. The van der Waals surface area contributed by atoms with Crippen molar-refractivity contribution in [2.24, 2.45) is 4.99 Å². The Morgan fingerprint density at radius 2 is 1.85 bits per heavy atom. The van der Waals surface area contributed by atoms with Crippen molar-refractivity contribution in [2.45, 2.75) is 13.0 Å². The van der Waals surface area contributed by atoms with Gasteiger partial charge in [0.25, 0.3) is 0 Å². The summed E-state index contributed by atoms with van der Waals surface area (Å²) >= 11 is 0. The maximum Gasteiger partial charge on any atom is 0.191 e. The van der Waals surface area contributed by atoms with E-state index in [0.29, 0.717) is 26.3 Å². The Morgan fingerprint density at radius 1 is 1.04 bits per heavy atom. The van der Waals surface area contributed by atoms with E-state index in [1.165, 1.54) is 12.1 Å². The van der Waals surface area contributed by atoms with Crippen molar-refractivity contribution in [3.63, 3.8) is 0 Å². The number of aliphatic imine (C=N–C) groups is 1. The fourth-order valence-corrected chi connectivity index (χ4v) is 2.37. The number of ether oxygens (including phenoxy) is 2. The number of methoxy groups -OCH3 is 1. The van der Waals surface area contributed by atoms with Gasteiger partial charge in [-0.15, -0.1) is 0 Å². The molecule has 0 saturated heterocycles. The van der Waals surface area contributed by atoms with Gasteiger partial charge in [0.2, 0.25) is 0 Å². The molecule has 26 heavy (non-hydrogen) atoms. The van der Waals surface area contributed by atoms with Crippen LogP contribution in [0, 0.1) is 5.82 Å². The van der Waals surface area contributed by atoms with Gasteiger partial charge < -0.3 is 20.1 Å². The summed E-state index contributed by atoms with van der Waals surface area (Å²) in [5.74, 6) is 1.33. The zero-order valence-corrected chi connectivity index (χ0v) is 15.3. The van der Waals surface area contributed by atoms with Gasteiger partial charge in [-0.25, -0.2) is 4.39 Å². The Hall–Kier alpha value is -2.60. The van der Waals surface area contributed by atoms with Crippen molar-refractivity contribution >= 4 is 5.96 Å². The molecule has 0 aliphatic carbocycles. The predicted molar refractivity (Wildman–Crippen MR) is 102 cm³/mol. The third kappa shape index (κ3) is 7.11. The highest BCUT2D eigenvalue weighted by Gasteiger charge is 2.01. The third-order valence-corrected chi connectivity index (χ3v) is 3.76. The highest BCUT2D eigenvalue weighted by atomic mass is 19.1. The molecule has 0 radical (unpaired) electrons. The lowest BCUT2D eigenvalue weighted by Gasteiger charge is -2.13. The van der Waals surface area contributed by atoms with Crippen LogP contribution >= 0.6 is 0 Å². The van der Waals surface area contributed by atoms with E-state index in [9.17, 15) is 4.39 Å². The Kier molecular flexibility index (Phi) is 8.42. The first-order chi connectivity index (χ1) is 12.7. The van der Waals surface area contributed by atoms with Crippen LogP contribution < -0.4 is 15.4 Å². The summed E-state index contributed by atoms with van der Waals surface area (Å²) in [7, 11) is 3.38. The van der Waals surface area contributed by atoms with E-state index in [1.807, 2.05) is 24.3 Å². The Morgan fingerprint density at radius 3 is 2.58 bits per heavy atom. The maximum atomic E-state index is 12.9. The lowest BCUT2D eigenvalue weighted by atomic mass is 10.1. The molecule has 5 nitrogen and oxygen atoms in total. The first-order valence-electron chi connectivity index (χ1n) is 8.61. The van der Waals surface area contributed by atoms with E-state index in [1.54, 1.807) is 26.3 Å². The number of nitrogens with one attached hydrogen (secondary N) is 2. The Labute approximate surface area is 154 Å². The van der Waals surface area contributed by atoms with Gasteiger partial charge in [-0.1, -0.05) is 24.3 Å². The molecule has 140 valence electrons. The highest BCUT2D eigenvalue weighted by molar-refractivity contribution is 5.79. The molecule has 0 atom stereocenters. The van der Waals surface area contributed by atoms with E-state index in [0.717, 1.165) is 29.3 Å². The summed E-state index contributed by atoms with van der Waals surface area (Å²) in [6, 6.07) is 14.5. The average Bonchev–Trinajstić information content (AvgIpc) is 2.66. The number of nitrogens with zero attached hydrogens (tertiary/aromatic N) is 1. The number of rotatable bonds is 9. The van der Waals surface area contributed by atoms with E-state index in [-0.39, 0.29) is 5.82 Å². The molecule has 0 fully saturated rings. The first kappa shape index (κ1) is 19.7. The van der Waals surface area contributed by atoms with Crippen molar-refractivity contribution in [3.05, 3.63) is 65.5 Å². The summed E-state index contributed by atoms with van der Waals surface area (Å²) in [5, 5.41) is 6.53. The lowest BCUT2D eigenvalue weighted by Crippen LogP contribution is -2.37. The second kappa shape index (κ2) is 11.1. The molecule has 2 aromatic rings. The van der Waals surface area contributed by atoms with E-state index < -0.39 is 0 Å². The second-order valence-corrected chi connectivity index (χ2v) is 5.72. The normalized spacial score (nSPS) is 11.3. The van der Waals surface area contributed by atoms with Gasteiger partial charge in [0.15, 0.2) is 5.96 Å². The standard InChI is InChI=1S/C20H26FN3O2/c1-22-20(23-11-10-16-6-8-18(21)9-7-16)24-15-17-4-3-5-19(14-17)26-13-12-25-2/h3-9,14H,10-13,15H2,1-2H3,(H2,22,23,24). The van der Waals surface area contributed by atoms with Crippen LogP contribution in [-0.4, -0.2) is 39.9 Å². The molecule has 0 amide bonds. The van der Waals surface area contributed by atoms with Crippen LogP contribution in [0.5, 0.6) is 5.75 Å². The molecule has 0 spiro atoms. The second-order valence-electron chi connectivity index (χ2n) is 5.72. The fraction of sp³-hybridized carbons (Fsp3) is 0.350. The molecular weight excluding hydrogens is 333 g/mol. The van der Waals surface area contributed by atoms with E-state index in [2.05, 4.69) is 15.6 Å². The topological polar surface area (TPSA) is 54.9 Å². The maximum absolute atomic E-state index is 12.9. The van der Waals surface area contributed by atoms with Crippen LogP contribution in [0.4, 0.5) is 4.39 Å². The summed E-state index contributed by atoms with van der Waals surface area (Å²) in [4.78, 5) is 4.22. The molecule has 2 rings (SSSR count). The first-order valence-corrected chi connectivity index (χ1v) is 8.61. The monoisotopic (exact) mass is 359 g/mol. The number of halogens is 1. The molecule has 6 heteroatoms. The number of benzene rings is 2. The van der Waals surface area contributed by atoms with Crippen LogP contribution in [0.3, 0.4) is 0 Å². The summed E-state index contributed by atoms with van der Waals surface area (Å²) in [6.07, 6.45) is 0.795. The van der Waals surface area contributed by atoms with Crippen molar-refractivity contribution in [1.82, 2.24) is 10.6 Å². The summed E-state index contributed by atoms with van der Waals surface area (Å²) < 4.78 is 23.5. The van der Waals surface area contributed by atoms with Crippen molar-refractivity contribution < 1.29 is 13.9 Å². The molecule has 0 heterocycles. The predicted octanol–water partition coefficient (Wildman–Crippen LogP) is 2.76. The van der Waals surface area contributed by atoms with Gasteiger partial charge in [0.05, 0.1) is 6.61 Å². The molecular formula is C20H26FN3O2. The third-order valence-electron chi connectivity index (χ3n) is 3.76. The zero-order valence-electron chi connectivity index (χ0n) is 15.3. The van der Waals surface area contributed by atoms with Crippen molar-refractivity contribution in [2.75, 3.05) is 33.9 Å². The molecule has 0 unspecified atom stereocenters. The zero-order chi connectivity index (χ0) is 18.6.